The second-order valence-electron chi connectivity index (χ2n) is 4.19. The predicted octanol–water partition coefficient (Wildman–Crippen LogP) is 2.63. The van der Waals surface area contributed by atoms with Crippen LogP contribution >= 0.6 is 0 Å². The molecule has 1 unspecified atom stereocenters. The van der Waals surface area contributed by atoms with Crippen molar-refractivity contribution in [2.24, 2.45) is 0 Å². The zero-order chi connectivity index (χ0) is 13.7. The van der Waals surface area contributed by atoms with Gasteiger partial charge in [0.05, 0.1) is 22.8 Å². The molecule has 2 aromatic carbocycles. The van der Waals surface area contributed by atoms with Crippen LogP contribution in [0.3, 0.4) is 0 Å². The smallest absolute Gasteiger partial charge is 0.120 e. The molecule has 0 fully saturated rings. The molecule has 0 aliphatic carbocycles. The van der Waals surface area contributed by atoms with Crippen LogP contribution in [0, 0.1) is 0 Å². The first-order chi connectivity index (χ1) is 9.20. The molecule has 0 saturated carbocycles. The zero-order valence-corrected chi connectivity index (χ0v) is 11.7. The molecule has 0 amide bonds. The zero-order valence-electron chi connectivity index (χ0n) is 10.8. The maximum atomic E-state index is 12.3. The minimum absolute atomic E-state index is 0.548. The van der Waals surface area contributed by atoms with Crippen LogP contribution in [0.25, 0.3) is 0 Å². The van der Waals surface area contributed by atoms with E-state index in [2.05, 4.69) is 0 Å². The number of ether oxygens (including phenoxy) is 1. The molecule has 4 heteroatoms. The van der Waals surface area contributed by atoms with Crippen molar-refractivity contribution in [3.63, 3.8) is 0 Å². The molecule has 0 bridgehead atoms. The van der Waals surface area contributed by atoms with Gasteiger partial charge in [0.1, 0.15) is 5.75 Å². The number of anilines is 1. The number of methoxy groups -OCH3 is 1. The van der Waals surface area contributed by atoms with Gasteiger partial charge in [-0.3, -0.25) is 4.21 Å². The lowest BCUT2D eigenvalue weighted by Gasteiger charge is -2.08. The van der Waals surface area contributed by atoms with Crippen molar-refractivity contribution >= 4 is 16.5 Å². The highest BCUT2D eigenvalue weighted by molar-refractivity contribution is 7.85. The van der Waals surface area contributed by atoms with Gasteiger partial charge in [-0.2, -0.15) is 0 Å². The topological polar surface area (TPSA) is 52.3 Å². The Labute approximate surface area is 115 Å². The maximum Gasteiger partial charge on any atom is 0.120 e. The largest absolute Gasteiger partial charge is 0.497 e. The van der Waals surface area contributed by atoms with E-state index < -0.39 is 10.8 Å². The molecule has 2 aromatic rings. The summed E-state index contributed by atoms with van der Waals surface area (Å²) >= 11 is 0. The summed E-state index contributed by atoms with van der Waals surface area (Å²) in [5.41, 5.74) is 7.59. The molecule has 2 N–H and O–H groups in total. The fourth-order valence-corrected chi connectivity index (χ4v) is 3.02. The third-order valence-electron chi connectivity index (χ3n) is 2.88. The Bertz CT molecular complexity index is 570. The summed E-state index contributed by atoms with van der Waals surface area (Å²) in [6, 6.07) is 15.3. The number of hydrogen-bond acceptors (Lipinski definition) is 3. The van der Waals surface area contributed by atoms with Crippen LogP contribution in [0.15, 0.2) is 53.4 Å². The van der Waals surface area contributed by atoms with Crippen LogP contribution in [0.1, 0.15) is 5.56 Å². The summed E-state index contributed by atoms with van der Waals surface area (Å²) in [6.45, 7) is 0. The predicted molar refractivity (Wildman–Crippen MR) is 78.8 cm³/mol. The van der Waals surface area contributed by atoms with Crippen molar-refractivity contribution in [1.82, 2.24) is 0 Å². The molecule has 0 aromatic heterocycles. The third kappa shape index (κ3) is 3.58. The minimum atomic E-state index is -1.11. The first-order valence-electron chi connectivity index (χ1n) is 6.06. The van der Waals surface area contributed by atoms with Gasteiger partial charge in [-0.15, -0.1) is 0 Å². The Morgan fingerprint density at radius 3 is 2.58 bits per heavy atom. The second-order valence-corrected chi connectivity index (χ2v) is 5.73. The highest BCUT2D eigenvalue weighted by Gasteiger charge is 2.09. The Hall–Kier alpha value is -1.81. The Balaban J connectivity index is 2.08. The summed E-state index contributed by atoms with van der Waals surface area (Å²) in [4.78, 5) is 0.648. The number of rotatable bonds is 5. The van der Waals surface area contributed by atoms with E-state index in [4.69, 9.17) is 10.5 Å². The molecule has 19 heavy (non-hydrogen) atoms. The Morgan fingerprint density at radius 2 is 1.89 bits per heavy atom. The van der Waals surface area contributed by atoms with E-state index in [0.29, 0.717) is 22.1 Å². The molecule has 0 radical (unpaired) electrons. The average Bonchev–Trinajstić information content (AvgIpc) is 2.46. The fraction of sp³-hybridized carbons (Fsp3) is 0.200. The number of benzene rings is 2. The molecule has 100 valence electrons. The van der Waals surface area contributed by atoms with Crippen molar-refractivity contribution in [3.8, 4) is 5.75 Å². The first-order valence-corrected chi connectivity index (χ1v) is 7.38. The van der Waals surface area contributed by atoms with E-state index in [1.165, 1.54) is 5.56 Å². The number of aryl methyl sites for hydroxylation is 1. The SMILES string of the molecule is COc1ccc(N)c(S(=O)CCc2ccccc2)c1. The third-order valence-corrected chi connectivity index (χ3v) is 4.30. The van der Waals surface area contributed by atoms with E-state index in [1.54, 1.807) is 25.3 Å². The molecule has 0 saturated heterocycles. The van der Waals surface area contributed by atoms with Gasteiger partial charge in [0.15, 0.2) is 0 Å². The summed E-state index contributed by atoms with van der Waals surface area (Å²) < 4.78 is 17.4. The van der Waals surface area contributed by atoms with Gasteiger partial charge in [0.2, 0.25) is 0 Å². The van der Waals surface area contributed by atoms with Crippen molar-refractivity contribution in [2.45, 2.75) is 11.3 Å². The summed E-state index contributed by atoms with van der Waals surface area (Å²) in [7, 11) is 0.473. The van der Waals surface area contributed by atoms with Gasteiger partial charge in [0.25, 0.3) is 0 Å². The van der Waals surface area contributed by atoms with E-state index in [0.717, 1.165) is 6.42 Å². The van der Waals surface area contributed by atoms with Crippen LogP contribution in [0.2, 0.25) is 0 Å². The maximum absolute atomic E-state index is 12.3. The summed E-state index contributed by atoms with van der Waals surface area (Å²) in [5.74, 6) is 1.23. The molecule has 1 atom stereocenters. The lowest BCUT2D eigenvalue weighted by atomic mass is 10.2. The molecule has 0 aliphatic heterocycles. The summed E-state index contributed by atoms with van der Waals surface area (Å²) in [6.07, 6.45) is 0.768. The molecule has 0 heterocycles. The van der Waals surface area contributed by atoms with E-state index in [-0.39, 0.29) is 0 Å². The molecule has 0 spiro atoms. The standard InChI is InChI=1S/C15H17NO2S/c1-18-13-7-8-14(16)15(11-13)19(17)10-9-12-5-3-2-4-6-12/h2-8,11H,9-10,16H2,1H3. The van der Waals surface area contributed by atoms with Crippen LogP contribution in [0.5, 0.6) is 5.75 Å². The van der Waals surface area contributed by atoms with E-state index in [9.17, 15) is 4.21 Å². The van der Waals surface area contributed by atoms with Gasteiger partial charge in [0, 0.05) is 11.4 Å². The van der Waals surface area contributed by atoms with Gasteiger partial charge in [-0.1, -0.05) is 30.3 Å². The van der Waals surface area contributed by atoms with Crippen LogP contribution in [0.4, 0.5) is 5.69 Å². The fourth-order valence-electron chi connectivity index (χ4n) is 1.80. The van der Waals surface area contributed by atoms with Gasteiger partial charge in [-0.05, 0) is 30.2 Å². The number of nitrogens with two attached hydrogens (primary N) is 1. The lowest BCUT2D eigenvalue weighted by Crippen LogP contribution is -2.05. The van der Waals surface area contributed by atoms with Crippen molar-refractivity contribution < 1.29 is 8.95 Å². The molecular formula is C15H17NO2S. The van der Waals surface area contributed by atoms with Gasteiger partial charge >= 0.3 is 0 Å². The van der Waals surface area contributed by atoms with Crippen molar-refractivity contribution in [2.75, 3.05) is 18.6 Å². The lowest BCUT2D eigenvalue weighted by molar-refractivity contribution is 0.413. The van der Waals surface area contributed by atoms with Crippen molar-refractivity contribution in [1.29, 1.82) is 0 Å². The van der Waals surface area contributed by atoms with E-state index >= 15 is 0 Å². The quantitative estimate of drug-likeness (QED) is 0.853. The number of nitrogen functional groups attached to an aromatic ring is 1. The normalized spacial score (nSPS) is 12.1. The number of hydrogen-bond donors (Lipinski definition) is 1. The van der Waals surface area contributed by atoms with Gasteiger partial charge < -0.3 is 10.5 Å². The first kappa shape index (κ1) is 13.6. The molecule has 2 rings (SSSR count). The Kier molecular flexibility index (Phi) is 4.58. The molecular weight excluding hydrogens is 258 g/mol. The summed E-state index contributed by atoms with van der Waals surface area (Å²) in [5, 5.41) is 0. The van der Waals surface area contributed by atoms with E-state index in [1.807, 2.05) is 30.3 Å². The van der Waals surface area contributed by atoms with Crippen LogP contribution < -0.4 is 10.5 Å². The van der Waals surface area contributed by atoms with Gasteiger partial charge in [-0.25, -0.2) is 0 Å². The Morgan fingerprint density at radius 1 is 1.16 bits per heavy atom. The van der Waals surface area contributed by atoms with Crippen LogP contribution in [-0.4, -0.2) is 17.1 Å². The highest BCUT2D eigenvalue weighted by atomic mass is 32.2. The monoisotopic (exact) mass is 275 g/mol. The molecule has 3 nitrogen and oxygen atoms in total. The highest BCUT2D eigenvalue weighted by Crippen LogP contribution is 2.23. The molecule has 0 aliphatic rings. The van der Waals surface area contributed by atoms with Crippen LogP contribution in [-0.2, 0) is 17.2 Å². The minimum Gasteiger partial charge on any atom is -0.497 e. The van der Waals surface area contributed by atoms with Crippen molar-refractivity contribution in [3.05, 3.63) is 54.1 Å². The average molecular weight is 275 g/mol. The second kappa shape index (κ2) is 6.38.